The first-order valence-corrected chi connectivity index (χ1v) is 13.7. The van der Waals surface area contributed by atoms with Gasteiger partial charge in [0.2, 0.25) is 0 Å². The zero-order valence-corrected chi connectivity index (χ0v) is 22.7. The van der Waals surface area contributed by atoms with Gasteiger partial charge >= 0.3 is 5.97 Å². The molecule has 0 aliphatic rings. The Morgan fingerprint density at radius 3 is 2.29 bits per heavy atom. The highest BCUT2D eigenvalue weighted by molar-refractivity contribution is 6.30. The van der Waals surface area contributed by atoms with Crippen molar-refractivity contribution in [3.8, 4) is 0 Å². The summed E-state index contributed by atoms with van der Waals surface area (Å²) in [5.41, 5.74) is 5.42. The Kier molecular flexibility index (Phi) is 9.24. The van der Waals surface area contributed by atoms with Gasteiger partial charge in [0.15, 0.2) is 0 Å². The molecule has 0 saturated heterocycles. The number of carbonyl (C=O) groups is 2. The number of carboxylic acids is 1. The van der Waals surface area contributed by atoms with E-state index in [0.29, 0.717) is 10.6 Å². The highest BCUT2D eigenvalue weighted by atomic mass is 35.5. The van der Waals surface area contributed by atoms with Gasteiger partial charge in [-0.15, -0.1) is 0 Å². The van der Waals surface area contributed by atoms with Crippen LogP contribution in [0.5, 0.6) is 0 Å². The maximum Gasteiger partial charge on any atom is 0.305 e. The molecule has 0 spiro atoms. The molecule has 1 amide bonds. The molecule has 4 rings (SSSR count). The average Bonchev–Trinajstić information content (AvgIpc) is 3.29. The van der Waals surface area contributed by atoms with Gasteiger partial charge in [0.1, 0.15) is 0 Å². The second-order valence-corrected chi connectivity index (χ2v) is 10.2. The van der Waals surface area contributed by atoms with Crippen LogP contribution in [0.25, 0.3) is 10.9 Å². The number of fused-ring (bicyclic) bond motifs is 1. The second-order valence-electron chi connectivity index (χ2n) is 9.71. The van der Waals surface area contributed by atoms with Gasteiger partial charge in [0.05, 0.1) is 6.42 Å². The number of unbranched alkanes of at least 4 members (excludes halogenated alkanes) is 1. The molecule has 3 aromatic carbocycles. The minimum atomic E-state index is -0.935. The fraction of sp³-hybridized carbons (Fsp3) is 0.312. The Morgan fingerprint density at radius 1 is 0.947 bits per heavy atom. The van der Waals surface area contributed by atoms with Gasteiger partial charge in [-0.2, -0.15) is 0 Å². The molecule has 1 heterocycles. The number of benzene rings is 3. The van der Waals surface area contributed by atoms with E-state index in [-0.39, 0.29) is 30.7 Å². The predicted molar refractivity (Wildman–Crippen MR) is 154 cm³/mol. The van der Waals surface area contributed by atoms with E-state index in [0.717, 1.165) is 31.4 Å². The van der Waals surface area contributed by atoms with Crippen LogP contribution in [0.15, 0.2) is 79.0 Å². The SMILES string of the molecule is CCCCn1cc(C(c2ccc(Cl)cc2)C(CC)c2ccc(C(=O)NCCC(=O)O)cc2)c2ccccc21. The number of carbonyl (C=O) groups excluding carboxylic acids is 1. The van der Waals surface area contributed by atoms with Crippen molar-refractivity contribution in [2.45, 2.75) is 57.9 Å². The zero-order chi connectivity index (χ0) is 27.1. The summed E-state index contributed by atoms with van der Waals surface area (Å²) in [5, 5.41) is 13.5. The third kappa shape index (κ3) is 6.28. The minimum Gasteiger partial charge on any atom is -0.481 e. The lowest BCUT2D eigenvalue weighted by Crippen LogP contribution is -2.26. The summed E-state index contributed by atoms with van der Waals surface area (Å²) in [6.45, 7) is 5.50. The van der Waals surface area contributed by atoms with E-state index < -0.39 is 5.97 Å². The van der Waals surface area contributed by atoms with Crippen LogP contribution in [0, 0.1) is 0 Å². The molecule has 5 nitrogen and oxygen atoms in total. The van der Waals surface area contributed by atoms with Crippen LogP contribution in [0.2, 0.25) is 5.02 Å². The molecule has 198 valence electrons. The van der Waals surface area contributed by atoms with E-state index in [2.05, 4.69) is 66.3 Å². The summed E-state index contributed by atoms with van der Waals surface area (Å²) in [6.07, 6.45) is 5.39. The van der Waals surface area contributed by atoms with E-state index in [4.69, 9.17) is 16.7 Å². The molecule has 0 fully saturated rings. The van der Waals surface area contributed by atoms with Crippen LogP contribution in [0.1, 0.15) is 78.4 Å². The minimum absolute atomic E-state index is 0.0975. The van der Waals surface area contributed by atoms with Gasteiger partial charge in [-0.1, -0.05) is 74.3 Å². The van der Waals surface area contributed by atoms with Crippen LogP contribution in [-0.4, -0.2) is 28.1 Å². The largest absolute Gasteiger partial charge is 0.481 e. The molecule has 0 bridgehead atoms. The lowest BCUT2D eigenvalue weighted by Gasteiger charge is -2.28. The molecule has 38 heavy (non-hydrogen) atoms. The quantitative estimate of drug-likeness (QED) is 0.198. The highest BCUT2D eigenvalue weighted by Gasteiger charge is 2.28. The van der Waals surface area contributed by atoms with Crippen LogP contribution in [-0.2, 0) is 11.3 Å². The summed E-state index contributed by atoms with van der Waals surface area (Å²) in [6, 6.07) is 24.5. The van der Waals surface area contributed by atoms with E-state index in [1.165, 1.54) is 22.0 Å². The lowest BCUT2D eigenvalue weighted by molar-refractivity contribution is -0.136. The number of amides is 1. The molecule has 6 heteroatoms. The molecule has 2 N–H and O–H groups in total. The van der Waals surface area contributed by atoms with Crippen molar-refractivity contribution in [3.63, 3.8) is 0 Å². The van der Waals surface area contributed by atoms with Crippen molar-refractivity contribution >= 4 is 34.4 Å². The number of aromatic nitrogens is 1. The Labute approximate surface area is 229 Å². The first-order valence-electron chi connectivity index (χ1n) is 13.4. The number of nitrogens with zero attached hydrogens (tertiary/aromatic N) is 1. The highest BCUT2D eigenvalue weighted by Crippen LogP contribution is 2.44. The Morgan fingerprint density at radius 2 is 1.63 bits per heavy atom. The summed E-state index contributed by atoms with van der Waals surface area (Å²) >= 11 is 6.28. The Hall–Kier alpha value is -3.57. The van der Waals surface area contributed by atoms with Crippen molar-refractivity contribution in [1.82, 2.24) is 9.88 Å². The molecule has 2 atom stereocenters. The normalized spacial score (nSPS) is 12.8. The molecular formula is C32H35ClN2O3. The predicted octanol–water partition coefficient (Wildman–Crippen LogP) is 7.63. The number of rotatable bonds is 12. The first kappa shape index (κ1) is 27.5. The van der Waals surface area contributed by atoms with Gasteiger partial charge in [-0.05, 0) is 65.8 Å². The van der Waals surface area contributed by atoms with E-state index in [1.54, 1.807) is 0 Å². The molecule has 0 aliphatic heterocycles. The molecule has 0 saturated carbocycles. The van der Waals surface area contributed by atoms with Crippen molar-refractivity contribution in [2.24, 2.45) is 0 Å². The number of aryl methyl sites for hydroxylation is 1. The lowest BCUT2D eigenvalue weighted by atomic mass is 9.75. The maximum absolute atomic E-state index is 12.5. The monoisotopic (exact) mass is 530 g/mol. The number of aliphatic carboxylic acids is 1. The van der Waals surface area contributed by atoms with Crippen molar-refractivity contribution in [3.05, 3.63) is 106 Å². The second kappa shape index (κ2) is 12.8. The van der Waals surface area contributed by atoms with Crippen molar-refractivity contribution in [2.75, 3.05) is 6.54 Å². The average molecular weight is 531 g/mol. The smallest absolute Gasteiger partial charge is 0.305 e. The third-order valence-corrected chi connectivity index (χ3v) is 7.46. The molecule has 2 unspecified atom stereocenters. The topological polar surface area (TPSA) is 71.3 Å². The van der Waals surface area contributed by atoms with Gasteiger partial charge in [0, 0.05) is 46.7 Å². The Bertz CT molecular complexity index is 1380. The maximum atomic E-state index is 12.5. The summed E-state index contributed by atoms with van der Waals surface area (Å²) in [5.74, 6) is -0.930. The standard InChI is InChI=1S/C32H35ClN2O3/c1-3-5-20-35-21-28(27-8-6-7-9-29(27)35)31(23-14-16-25(33)17-15-23)26(4-2)22-10-12-24(13-11-22)32(38)34-19-18-30(36)37/h6-17,21,26,31H,3-5,18-20H2,1-2H3,(H,34,38)(H,36,37). The number of halogens is 1. The molecule has 1 aromatic heterocycles. The van der Waals surface area contributed by atoms with Crippen LogP contribution in [0.4, 0.5) is 0 Å². The first-order chi connectivity index (χ1) is 18.4. The fourth-order valence-electron chi connectivity index (χ4n) is 5.27. The van der Waals surface area contributed by atoms with Crippen LogP contribution >= 0.6 is 11.6 Å². The number of carboxylic acid groups (broad SMARTS) is 1. The van der Waals surface area contributed by atoms with E-state index in [9.17, 15) is 9.59 Å². The molecule has 4 aromatic rings. The van der Waals surface area contributed by atoms with Crippen LogP contribution in [0.3, 0.4) is 0 Å². The van der Waals surface area contributed by atoms with Crippen molar-refractivity contribution < 1.29 is 14.7 Å². The summed E-state index contributed by atoms with van der Waals surface area (Å²) in [7, 11) is 0. The number of para-hydroxylation sites is 1. The number of nitrogens with one attached hydrogen (secondary N) is 1. The van der Waals surface area contributed by atoms with Gasteiger partial charge in [-0.3, -0.25) is 9.59 Å². The van der Waals surface area contributed by atoms with Crippen molar-refractivity contribution in [1.29, 1.82) is 0 Å². The van der Waals surface area contributed by atoms with Gasteiger partial charge < -0.3 is 15.0 Å². The Balaban J connectivity index is 1.74. The molecule has 0 radical (unpaired) electrons. The summed E-state index contributed by atoms with van der Waals surface area (Å²) < 4.78 is 2.38. The third-order valence-electron chi connectivity index (χ3n) is 7.20. The van der Waals surface area contributed by atoms with E-state index in [1.807, 2.05) is 36.4 Å². The van der Waals surface area contributed by atoms with Gasteiger partial charge in [-0.25, -0.2) is 0 Å². The van der Waals surface area contributed by atoms with Crippen LogP contribution < -0.4 is 5.32 Å². The fourth-order valence-corrected chi connectivity index (χ4v) is 5.39. The van der Waals surface area contributed by atoms with Gasteiger partial charge in [0.25, 0.3) is 5.91 Å². The zero-order valence-electron chi connectivity index (χ0n) is 22.0. The number of hydrogen-bond acceptors (Lipinski definition) is 2. The molecule has 0 aliphatic carbocycles. The molecular weight excluding hydrogens is 496 g/mol. The van der Waals surface area contributed by atoms with E-state index >= 15 is 0 Å². The number of hydrogen-bond donors (Lipinski definition) is 2. The summed E-state index contributed by atoms with van der Waals surface area (Å²) in [4.78, 5) is 23.3.